The SMILES string of the molecule is Cc1noc(C)c1S(=O)(=O)Nc1ccc2c(c1O)C(O)=C1C(=O)[C@]3(O)C(=O)C(C(N)=O)C(=O)[C@@H](N(C)C)[C@@H]3C[C@@H]1C2. The third-order valence-corrected chi connectivity index (χ3v) is 9.82. The molecule has 0 saturated heterocycles. The molecule has 218 valence electrons. The standard InChI is InChI=1S/C26H28N4O10S/c1-9-22(10(2)40-28-9)41(38,39)29-14-6-5-11-7-12-8-13-18(30(3)4)21(33)17(25(27)36)24(35)26(13,37)23(34)16(12)20(32)15(11)19(14)31/h5-6,12-13,17-18,29,31-32,37H,7-8H2,1-4H3,(H2,27,36)/t12-,13-,17?,18-,26-/m0/s1. The maximum absolute atomic E-state index is 13.9. The lowest BCUT2D eigenvalue weighted by molar-refractivity contribution is -0.175. The highest BCUT2D eigenvalue weighted by atomic mass is 32.2. The molecule has 1 aromatic carbocycles. The zero-order chi connectivity index (χ0) is 30.3. The van der Waals surface area contributed by atoms with Crippen LogP contribution in [0.25, 0.3) is 5.76 Å². The van der Waals surface area contributed by atoms with Gasteiger partial charge in [-0.3, -0.25) is 28.8 Å². The largest absolute Gasteiger partial charge is 0.507 e. The molecule has 1 amide bonds. The second-order valence-electron chi connectivity index (χ2n) is 10.9. The molecule has 1 heterocycles. The summed E-state index contributed by atoms with van der Waals surface area (Å²) in [6.45, 7) is 2.82. The number of sulfonamides is 1. The molecule has 2 fully saturated rings. The Morgan fingerprint density at radius 3 is 2.41 bits per heavy atom. The lowest BCUT2D eigenvalue weighted by Gasteiger charge is -2.51. The Bertz CT molecular complexity index is 1670. The maximum atomic E-state index is 13.9. The second kappa shape index (κ2) is 9.22. The molecule has 5 rings (SSSR count). The Kier molecular flexibility index (Phi) is 6.40. The highest BCUT2D eigenvalue weighted by Crippen LogP contribution is 2.52. The van der Waals surface area contributed by atoms with Gasteiger partial charge in [-0.1, -0.05) is 11.2 Å². The normalized spacial score (nSPS) is 27.9. The predicted octanol–water partition coefficient (Wildman–Crippen LogP) is -0.257. The molecular weight excluding hydrogens is 560 g/mol. The molecule has 1 unspecified atom stereocenters. The number of nitrogens with one attached hydrogen (secondary N) is 1. The van der Waals surface area contributed by atoms with Crippen molar-refractivity contribution in [2.24, 2.45) is 23.5 Å². The molecule has 3 aliphatic rings. The van der Waals surface area contributed by atoms with Crippen LogP contribution in [0.2, 0.25) is 0 Å². The van der Waals surface area contributed by atoms with Crippen LogP contribution in [0.4, 0.5) is 5.69 Å². The van der Waals surface area contributed by atoms with Crippen molar-refractivity contribution in [2.45, 2.75) is 43.2 Å². The molecule has 3 aliphatic carbocycles. The minimum absolute atomic E-state index is 0.0109. The molecule has 2 aromatic rings. The van der Waals surface area contributed by atoms with Gasteiger partial charge in [0, 0.05) is 11.5 Å². The van der Waals surface area contributed by atoms with E-state index >= 15 is 0 Å². The van der Waals surface area contributed by atoms with Crippen molar-refractivity contribution in [3.63, 3.8) is 0 Å². The van der Waals surface area contributed by atoms with E-state index in [-0.39, 0.29) is 46.0 Å². The summed E-state index contributed by atoms with van der Waals surface area (Å²) in [6.07, 6.45) is -0.0344. The molecule has 15 heteroatoms. The van der Waals surface area contributed by atoms with Crippen LogP contribution < -0.4 is 10.5 Å². The number of aliphatic hydroxyl groups is 2. The summed E-state index contributed by atoms with van der Waals surface area (Å²) in [4.78, 5) is 53.6. The topological polar surface area (TPSA) is 230 Å². The first-order valence-corrected chi connectivity index (χ1v) is 14.1. The van der Waals surface area contributed by atoms with E-state index in [1.807, 2.05) is 0 Å². The molecule has 2 saturated carbocycles. The fourth-order valence-electron chi connectivity index (χ4n) is 6.50. The average Bonchev–Trinajstić information content (AvgIpc) is 3.21. The molecule has 6 N–H and O–H groups in total. The first-order chi connectivity index (χ1) is 19.0. The molecular formula is C26H28N4O10S. The number of Topliss-reactive ketones (excluding diaryl/α,β-unsaturated/α-hetero) is 3. The van der Waals surface area contributed by atoms with Crippen LogP contribution in [-0.4, -0.2) is 82.8 Å². The van der Waals surface area contributed by atoms with Gasteiger partial charge < -0.3 is 25.6 Å². The third-order valence-electron chi connectivity index (χ3n) is 8.21. The Labute approximate surface area is 233 Å². The monoisotopic (exact) mass is 588 g/mol. The molecule has 0 spiro atoms. The van der Waals surface area contributed by atoms with Crippen molar-refractivity contribution in [3.8, 4) is 5.75 Å². The highest BCUT2D eigenvalue weighted by Gasteiger charge is 2.67. The van der Waals surface area contributed by atoms with Crippen molar-refractivity contribution in [1.29, 1.82) is 0 Å². The number of nitrogens with zero attached hydrogens (tertiary/aromatic N) is 2. The number of rotatable bonds is 5. The van der Waals surface area contributed by atoms with Crippen molar-refractivity contribution < 1.29 is 47.4 Å². The number of amides is 1. The lowest BCUT2D eigenvalue weighted by Crippen LogP contribution is -2.72. The Hall–Kier alpha value is -4.08. The van der Waals surface area contributed by atoms with Gasteiger partial charge in [-0.2, -0.15) is 0 Å². The summed E-state index contributed by atoms with van der Waals surface area (Å²) in [5.74, 6) is -10.2. The van der Waals surface area contributed by atoms with E-state index in [4.69, 9.17) is 10.3 Å². The smallest absolute Gasteiger partial charge is 0.267 e. The summed E-state index contributed by atoms with van der Waals surface area (Å²) < 4.78 is 33.2. The van der Waals surface area contributed by atoms with Crippen LogP contribution in [0, 0.1) is 31.6 Å². The van der Waals surface area contributed by atoms with Crippen molar-refractivity contribution in [2.75, 3.05) is 18.8 Å². The van der Waals surface area contributed by atoms with E-state index in [0.717, 1.165) is 0 Å². The van der Waals surface area contributed by atoms with E-state index in [2.05, 4.69) is 9.88 Å². The van der Waals surface area contributed by atoms with Crippen LogP contribution in [0.1, 0.15) is 29.0 Å². The van der Waals surface area contributed by atoms with Crippen molar-refractivity contribution in [3.05, 3.63) is 40.3 Å². The second-order valence-corrected chi connectivity index (χ2v) is 12.5. The molecule has 0 radical (unpaired) electrons. The Morgan fingerprint density at radius 1 is 1.20 bits per heavy atom. The first kappa shape index (κ1) is 28.4. The van der Waals surface area contributed by atoms with Crippen molar-refractivity contribution >= 4 is 44.7 Å². The van der Waals surface area contributed by atoms with Gasteiger partial charge in [0.15, 0.2) is 39.5 Å². The minimum Gasteiger partial charge on any atom is -0.507 e. The predicted molar refractivity (Wildman–Crippen MR) is 140 cm³/mol. The number of aromatic hydroxyl groups is 1. The summed E-state index contributed by atoms with van der Waals surface area (Å²) in [5, 5.41) is 37.6. The zero-order valence-electron chi connectivity index (χ0n) is 22.5. The van der Waals surface area contributed by atoms with Gasteiger partial charge in [-0.25, -0.2) is 8.42 Å². The lowest BCUT2D eigenvalue weighted by atomic mass is 9.55. The van der Waals surface area contributed by atoms with E-state index in [1.165, 1.54) is 45.0 Å². The van der Waals surface area contributed by atoms with Gasteiger partial charge >= 0.3 is 0 Å². The molecule has 41 heavy (non-hydrogen) atoms. The number of aliphatic hydroxyl groups excluding tert-OH is 1. The Morgan fingerprint density at radius 2 is 1.85 bits per heavy atom. The van der Waals surface area contributed by atoms with Gasteiger partial charge in [0.2, 0.25) is 11.7 Å². The van der Waals surface area contributed by atoms with Crippen LogP contribution in [0.3, 0.4) is 0 Å². The fourth-order valence-corrected chi connectivity index (χ4v) is 7.90. The quantitative estimate of drug-likeness (QED) is 0.225. The highest BCUT2D eigenvalue weighted by molar-refractivity contribution is 7.92. The number of primary amides is 1. The maximum Gasteiger partial charge on any atom is 0.267 e. The number of aryl methyl sites for hydroxylation is 2. The molecule has 1 aromatic heterocycles. The Balaban J connectivity index is 1.62. The minimum atomic E-state index is -4.29. The molecule has 14 nitrogen and oxygen atoms in total. The number of fused-ring (bicyclic) bond motifs is 3. The number of nitrogens with two attached hydrogens (primary N) is 1. The van der Waals surface area contributed by atoms with Crippen LogP contribution >= 0.6 is 0 Å². The van der Waals surface area contributed by atoms with E-state index in [1.54, 1.807) is 0 Å². The number of ketones is 3. The summed E-state index contributed by atoms with van der Waals surface area (Å²) in [5.41, 5.74) is 1.95. The number of likely N-dealkylation sites (N-methyl/N-ethyl adjacent to an activating group) is 1. The van der Waals surface area contributed by atoms with Crippen LogP contribution in [0.15, 0.2) is 27.1 Å². The van der Waals surface area contributed by atoms with Gasteiger partial charge in [-0.15, -0.1) is 0 Å². The van der Waals surface area contributed by atoms with Gasteiger partial charge in [0.05, 0.1) is 17.3 Å². The number of anilines is 1. The summed E-state index contributed by atoms with van der Waals surface area (Å²) in [6, 6.07) is 1.55. The summed E-state index contributed by atoms with van der Waals surface area (Å²) in [7, 11) is -1.29. The van der Waals surface area contributed by atoms with Gasteiger partial charge in [-0.05, 0) is 58.3 Å². The van der Waals surface area contributed by atoms with Crippen LogP contribution in [0.5, 0.6) is 5.75 Å². The number of carbonyl (C=O) groups is 4. The number of hydrogen-bond donors (Lipinski definition) is 5. The number of benzene rings is 1. The van der Waals surface area contributed by atoms with Crippen molar-refractivity contribution in [1.82, 2.24) is 10.1 Å². The number of phenols is 1. The zero-order valence-corrected chi connectivity index (χ0v) is 23.3. The average molecular weight is 589 g/mol. The fraction of sp³-hybridized carbons (Fsp3) is 0.423. The van der Waals surface area contributed by atoms with Crippen LogP contribution in [-0.2, 0) is 35.6 Å². The van der Waals surface area contributed by atoms with Gasteiger partial charge in [0.1, 0.15) is 11.5 Å². The molecule has 5 atom stereocenters. The van der Waals surface area contributed by atoms with E-state index in [9.17, 15) is 42.9 Å². The summed E-state index contributed by atoms with van der Waals surface area (Å²) >= 11 is 0. The number of aromatic nitrogens is 1. The molecule has 0 bridgehead atoms. The first-order valence-electron chi connectivity index (χ1n) is 12.6. The van der Waals surface area contributed by atoms with E-state index < -0.39 is 74.2 Å². The number of carbonyl (C=O) groups excluding carboxylic acids is 4. The van der Waals surface area contributed by atoms with E-state index in [0.29, 0.717) is 5.56 Å². The number of hydrogen-bond acceptors (Lipinski definition) is 12. The third kappa shape index (κ3) is 3.90. The number of phenolic OH excluding ortho intramolecular Hbond substituents is 1. The van der Waals surface area contributed by atoms with Gasteiger partial charge in [0.25, 0.3) is 10.0 Å². The molecule has 0 aliphatic heterocycles.